The molecule has 0 unspecified atom stereocenters. The number of halogens is 1. The van der Waals surface area contributed by atoms with Crippen LogP contribution in [0.4, 0.5) is 5.82 Å². The molecule has 2 heterocycles. The van der Waals surface area contributed by atoms with E-state index < -0.39 is 0 Å². The topological polar surface area (TPSA) is 62.5 Å². The Bertz CT molecular complexity index is 471. The molecule has 6 heteroatoms. The molecule has 0 saturated carbocycles. The number of nitrogens with one attached hydrogen (secondary N) is 1. The predicted octanol–water partition coefficient (Wildman–Crippen LogP) is 1.68. The fraction of sp³-hybridized carbons (Fsp3) is 0.400. The molecule has 0 aliphatic heterocycles. The minimum Gasteiger partial charge on any atom is -0.396 e. The van der Waals surface area contributed by atoms with Gasteiger partial charge in [-0.15, -0.1) is 0 Å². The summed E-state index contributed by atoms with van der Waals surface area (Å²) in [5.41, 5.74) is 0.812. The van der Waals surface area contributed by atoms with Gasteiger partial charge >= 0.3 is 0 Å². The van der Waals surface area contributed by atoms with Crippen LogP contribution in [0.25, 0.3) is 5.65 Å². The third-order valence-electron chi connectivity index (χ3n) is 2.22. The zero-order chi connectivity index (χ0) is 11.4. The largest absolute Gasteiger partial charge is 0.396 e. The highest BCUT2D eigenvalue weighted by Gasteiger charge is 2.05. The van der Waals surface area contributed by atoms with Gasteiger partial charge in [0.25, 0.3) is 0 Å². The number of unbranched alkanes of at least 4 members (excludes halogenated alkanes) is 1. The van der Waals surface area contributed by atoms with Crippen LogP contribution >= 0.6 is 15.9 Å². The third-order valence-corrected chi connectivity index (χ3v) is 2.60. The minimum absolute atomic E-state index is 0.229. The van der Waals surface area contributed by atoms with E-state index in [1.807, 2.05) is 16.8 Å². The van der Waals surface area contributed by atoms with Crippen molar-refractivity contribution in [3.63, 3.8) is 0 Å². The van der Waals surface area contributed by atoms with Crippen LogP contribution in [0, 0.1) is 0 Å². The highest BCUT2D eigenvalue weighted by Crippen LogP contribution is 2.16. The van der Waals surface area contributed by atoms with Crippen LogP contribution in [0.3, 0.4) is 0 Å². The van der Waals surface area contributed by atoms with Crippen LogP contribution in [0.5, 0.6) is 0 Å². The molecule has 2 N–H and O–H groups in total. The number of aliphatic hydroxyl groups is 1. The Kier molecular flexibility index (Phi) is 3.74. The average molecular weight is 285 g/mol. The van der Waals surface area contributed by atoms with Crippen LogP contribution < -0.4 is 5.32 Å². The lowest BCUT2D eigenvalue weighted by Crippen LogP contribution is -2.06. The molecule has 0 saturated heterocycles. The maximum Gasteiger partial charge on any atom is 0.180 e. The Balaban J connectivity index is 2.12. The molecule has 2 aromatic heterocycles. The molecule has 0 radical (unpaired) electrons. The summed E-state index contributed by atoms with van der Waals surface area (Å²) in [6, 6.07) is 0. The van der Waals surface area contributed by atoms with E-state index in [9.17, 15) is 0 Å². The SMILES string of the molecule is OCCCCNc1nc(Br)cn2ccnc12. The van der Waals surface area contributed by atoms with Gasteiger partial charge in [0.05, 0.1) is 0 Å². The summed E-state index contributed by atoms with van der Waals surface area (Å²) in [4.78, 5) is 8.56. The van der Waals surface area contributed by atoms with Crippen LogP contribution in [-0.2, 0) is 0 Å². The van der Waals surface area contributed by atoms with Gasteiger partial charge in [-0.25, -0.2) is 9.97 Å². The molecule has 16 heavy (non-hydrogen) atoms. The molecule has 0 aliphatic rings. The van der Waals surface area contributed by atoms with Crippen molar-refractivity contribution in [3.8, 4) is 0 Å². The Morgan fingerprint density at radius 2 is 2.31 bits per heavy atom. The van der Waals surface area contributed by atoms with Gasteiger partial charge in [-0.2, -0.15) is 0 Å². The van der Waals surface area contributed by atoms with Gasteiger partial charge in [0.2, 0.25) is 0 Å². The van der Waals surface area contributed by atoms with E-state index in [0.717, 1.165) is 35.5 Å². The fourth-order valence-corrected chi connectivity index (χ4v) is 1.86. The van der Waals surface area contributed by atoms with Crippen molar-refractivity contribution in [1.82, 2.24) is 14.4 Å². The first-order valence-corrected chi connectivity index (χ1v) is 5.94. The summed E-state index contributed by atoms with van der Waals surface area (Å²) in [5, 5.41) is 11.9. The van der Waals surface area contributed by atoms with Gasteiger partial charge in [0, 0.05) is 31.7 Å². The first kappa shape index (κ1) is 11.3. The zero-order valence-electron chi connectivity index (χ0n) is 8.73. The number of imidazole rings is 1. The van der Waals surface area contributed by atoms with Gasteiger partial charge < -0.3 is 14.8 Å². The molecule has 0 aromatic carbocycles. The number of hydrogen-bond donors (Lipinski definition) is 2. The lowest BCUT2D eigenvalue weighted by molar-refractivity contribution is 0.286. The molecular formula is C10H13BrN4O. The second kappa shape index (κ2) is 5.27. The van der Waals surface area contributed by atoms with E-state index in [1.165, 1.54) is 0 Å². The monoisotopic (exact) mass is 284 g/mol. The molecule has 0 aliphatic carbocycles. The third kappa shape index (κ3) is 2.51. The molecule has 2 aromatic rings. The maximum absolute atomic E-state index is 8.68. The van der Waals surface area contributed by atoms with Crippen molar-refractivity contribution in [2.24, 2.45) is 0 Å². The number of fused-ring (bicyclic) bond motifs is 1. The van der Waals surface area contributed by atoms with Gasteiger partial charge in [-0.1, -0.05) is 0 Å². The minimum atomic E-state index is 0.229. The summed E-state index contributed by atoms with van der Waals surface area (Å²) in [6.07, 6.45) is 7.19. The first-order chi connectivity index (χ1) is 7.81. The van der Waals surface area contributed by atoms with E-state index in [4.69, 9.17) is 5.11 Å². The smallest absolute Gasteiger partial charge is 0.180 e. The van der Waals surface area contributed by atoms with Crippen LogP contribution in [0.1, 0.15) is 12.8 Å². The van der Waals surface area contributed by atoms with Crippen molar-refractivity contribution in [2.45, 2.75) is 12.8 Å². The van der Waals surface area contributed by atoms with E-state index in [0.29, 0.717) is 0 Å². The van der Waals surface area contributed by atoms with E-state index in [-0.39, 0.29) is 6.61 Å². The molecule has 0 bridgehead atoms. The number of rotatable bonds is 5. The molecule has 0 amide bonds. The van der Waals surface area contributed by atoms with Crippen molar-refractivity contribution >= 4 is 27.4 Å². The van der Waals surface area contributed by atoms with Crippen LogP contribution in [-0.4, -0.2) is 32.6 Å². The van der Waals surface area contributed by atoms with Crippen LogP contribution in [0.15, 0.2) is 23.2 Å². The number of hydrogen-bond acceptors (Lipinski definition) is 4. The number of aromatic nitrogens is 3. The fourth-order valence-electron chi connectivity index (χ4n) is 1.46. The van der Waals surface area contributed by atoms with Gasteiger partial charge in [0.15, 0.2) is 11.5 Å². The summed E-state index contributed by atoms with van der Waals surface area (Å²) in [5.74, 6) is 0.761. The normalized spacial score (nSPS) is 10.9. The standard InChI is InChI=1S/C10H13BrN4O/c11-8-7-15-5-4-13-10(15)9(14-8)12-3-1-2-6-16/h4-5,7,16H,1-3,6H2,(H,12,14). The predicted molar refractivity (Wildman–Crippen MR) is 65.5 cm³/mol. The van der Waals surface area contributed by atoms with Gasteiger partial charge in [-0.05, 0) is 28.8 Å². The van der Waals surface area contributed by atoms with E-state index >= 15 is 0 Å². The van der Waals surface area contributed by atoms with Crippen molar-refractivity contribution in [3.05, 3.63) is 23.2 Å². The molecule has 5 nitrogen and oxygen atoms in total. The molecule has 2 rings (SSSR count). The van der Waals surface area contributed by atoms with Crippen LogP contribution in [0.2, 0.25) is 0 Å². The van der Waals surface area contributed by atoms with E-state index in [2.05, 4.69) is 31.2 Å². The lowest BCUT2D eigenvalue weighted by atomic mass is 10.3. The van der Waals surface area contributed by atoms with Gasteiger partial charge in [0.1, 0.15) is 4.60 Å². The second-order valence-corrected chi connectivity index (χ2v) is 4.24. The van der Waals surface area contributed by atoms with Crippen molar-refractivity contribution in [1.29, 1.82) is 0 Å². The average Bonchev–Trinajstić information content (AvgIpc) is 2.72. The lowest BCUT2D eigenvalue weighted by Gasteiger charge is -2.06. The first-order valence-electron chi connectivity index (χ1n) is 5.15. The second-order valence-electron chi connectivity index (χ2n) is 3.43. The quantitative estimate of drug-likeness (QED) is 0.820. The molecular weight excluding hydrogens is 272 g/mol. The van der Waals surface area contributed by atoms with E-state index in [1.54, 1.807) is 6.20 Å². The Morgan fingerprint density at radius 3 is 3.12 bits per heavy atom. The Morgan fingerprint density at radius 1 is 1.44 bits per heavy atom. The highest BCUT2D eigenvalue weighted by atomic mass is 79.9. The molecule has 0 spiro atoms. The highest BCUT2D eigenvalue weighted by molar-refractivity contribution is 9.10. The van der Waals surface area contributed by atoms with Gasteiger partial charge in [-0.3, -0.25) is 0 Å². The molecule has 0 fully saturated rings. The molecule has 0 atom stereocenters. The summed E-state index contributed by atoms with van der Waals surface area (Å²) >= 11 is 3.35. The zero-order valence-corrected chi connectivity index (χ0v) is 10.3. The summed E-state index contributed by atoms with van der Waals surface area (Å²) in [7, 11) is 0. The maximum atomic E-state index is 8.68. The Hall–Kier alpha value is -1.14. The van der Waals surface area contributed by atoms with Crippen molar-refractivity contribution in [2.75, 3.05) is 18.5 Å². The summed E-state index contributed by atoms with van der Waals surface area (Å²) < 4.78 is 2.67. The van der Waals surface area contributed by atoms with Crippen molar-refractivity contribution < 1.29 is 5.11 Å². The summed E-state index contributed by atoms with van der Waals surface area (Å²) in [6.45, 7) is 1.01. The number of nitrogens with zero attached hydrogens (tertiary/aromatic N) is 3. The number of anilines is 1. The Labute approximate surface area is 102 Å². The molecule has 86 valence electrons. The number of aliphatic hydroxyl groups excluding tert-OH is 1.